The number of likely N-dealkylation sites (N-methyl/N-ethyl adjacent to an activating group) is 1. The molecule has 0 spiro atoms. The van der Waals surface area contributed by atoms with E-state index in [1.807, 2.05) is 36.4 Å². The van der Waals surface area contributed by atoms with E-state index in [2.05, 4.69) is 5.32 Å². The number of rotatable bonds is 5. The zero-order valence-electron chi connectivity index (χ0n) is 11.1. The van der Waals surface area contributed by atoms with Crippen LogP contribution in [0.2, 0.25) is 0 Å². The Labute approximate surface area is 112 Å². The van der Waals surface area contributed by atoms with Crippen molar-refractivity contribution in [1.82, 2.24) is 10.2 Å². The maximum absolute atomic E-state index is 11.8. The van der Waals surface area contributed by atoms with Crippen molar-refractivity contribution < 1.29 is 9.59 Å². The van der Waals surface area contributed by atoms with E-state index in [1.54, 1.807) is 14.1 Å². The fourth-order valence-electron chi connectivity index (χ4n) is 1.49. The van der Waals surface area contributed by atoms with Crippen molar-refractivity contribution in [2.24, 2.45) is 5.92 Å². The molecule has 0 radical (unpaired) electrons. The number of nitrogens with zero attached hydrogens (tertiary/aromatic N) is 2. The molecule has 100 valence electrons. The molecule has 19 heavy (non-hydrogen) atoms. The van der Waals surface area contributed by atoms with E-state index in [-0.39, 0.29) is 12.5 Å². The SMILES string of the molecule is CN(C)C(=O)CNC(=O)C(C#N)Cc1ccccc1. The number of hydrogen-bond donors (Lipinski definition) is 1. The number of carbonyl (C=O) groups excluding carboxylic acids is 2. The Balaban J connectivity index is 2.54. The van der Waals surface area contributed by atoms with E-state index in [0.29, 0.717) is 6.42 Å². The average Bonchev–Trinajstić information content (AvgIpc) is 2.42. The van der Waals surface area contributed by atoms with Gasteiger partial charge in [-0.15, -0.1) is 0 Å². The van der Waals surface area contributed by atoms with Crippen molar-refractivity contribution in [3.05, 3.63) is 35.9 Å². The van der Waals surface area contributed by atoms with Crippen LogP contribution >= 0.6 is 0 Å². The van der Waals surface area contributed by atoms with Gasteiger partial charge in [0.15, 0.2) is 0 Å². The smallest absolute Gasteiger partial charge is 0.241 e. The molecule has 2 amide bonds. The minimum atomic E-state index is -0.780. The molecule has 5 nitrogen and oxygen atoms in total. The highest BCUT2D eigenvalue weighted by Crippen LogP contribution is 2.08. The van der Waals surface area contributed by atoms with Gasteiger partial charge in [0.2, 0.25) is 11.8 Å². The molecule has 1 rings (SSSR count). The van der Waals surface area contributed by atoms with Crippen molar-refractivity contribution in [3.63, 3.8) is 0 Å². The van der Waals surface area contributed by atoms with Crippen LogP contribution in [-0.2, 0) is 16.0 Å². The molecule has 0 saturated carbocycles. The zero-order valence-corrected chi connectivity index (χ0v) is 11.1. The third-order valence-electron chi connectivity index (χ3n) is 2.67. The van der Waals surface area contributed by atoms with Crippen molar-refractivity contribution in [1.29, 1.82) is 5.26 Å². The molecule has 0 heterocycles. The predicted octanol–water partition coefficient (Wildman–Crippen LogP) is 0.573. The van der Waals surface area contributed by atoms with Crippen LogP contribution in [-0.4, -0.2) is 37.4 Å². The van der Waals surface area contributed by atoms with Crippen LogP contribution < -0.4 is 5.32 Å². The lowest BCUT2D eigenvalue weighted by atomic mass is 10.00. The molecule has 1 aromatic carbocycles. The molecule has 0 saturated heterocycles. The summed E-state index contributed by atoms with van der Waals surface area (Å²) in [5.74, 6) is -1.40. The van der Waals surface area contributed by atoms with Crippen molar-refractivity contribution >= 4 is 11.8 Å². The van der Waals surface area contributed by atoms with E-state index < -0.39 is 11.8 Å². The lowest BCUT2D eigenvalue weighted by molar-refractivity contribution is -0.131. The molecule has 0 bridgehead atoms. The van der Waals surface area contributed by atoms with Gasteiger partial charge in [-0.3, -0.25) is 9.59 Å². The summed E-state index contributed by atoms with van der Waals surface area (Å²) >= 11 is 0. The number of benzene rings is 1. The summed E-state index contributed by atoms with van der Waals surface area (Å²) in [5, 5.41) is 11.5. The number of hydrogen-bond acceptors (Lipinski definition) is 3. The highest BCUT2D eigenvalue weighted by Gasteiger charge is 2.19. The third kappa shape index (κ3) is 4.80. The van der Waals surface area contributed by atoms with Gasteiger partial charge in [0.25, 0.3) is 0 Å². The largest absolute Gasteiger partial charge is 0.347 e. The summed E-state index contributed by atoms with van der Waals surface area (Å²) in [6.45, 7) is -0.0845. The molecule has 0 aliphatic heterocycles. The van der Waals surface area contributed by atoms with E-state index >= 15 is 0 Å². The van der Waals surface area contributed by atoms with Gasteiger partial charge in [-0.25, -0.2) is 0 Å². The summed E-state index contributed by atoms with van der Waals surface area (Å²) in [4.78, 5) is 24.5. The third-order valence-corrected chi connectivity index (χ3v) is 2.67. The molecule has 0 aromatic heterocycles. The Morgan fingerprint density at radius 3 is 2.47 bits per heavy atom. The van der Waals surface area contributed by atoms with Crippen LogP contribution in [0.25, 0.3) is 0 Å². The van der Waals surface area contributed by atoms with Gasteiger partial charge in [0.05, 0.1) is 12.6 Å². The summed E-state index contributed by atoms with van der Waals surface area (Å²) in [7, 11) is 3.22. The van der Waals surface area contributed by atoms with Crippen molar-refractivity contribution in [2.45, 2.75) is 6.42 Å². The maximum atomic E-state index is 11.8. The Bertz CT molecular complexity index is 477. The van der Waals surface area contributed by atoms with Crippen LogP contribution in [0.4, 0.5) is 0 Å². The van der Waals surface area contributed by atoms with Gasteiger partial charge in [-0.2, -0.15) is 5.26 Å². The molecule has 5 heteroatoms. The van der Waals surface area contributed by atoms with Crippen LogP contribution in [0.15, 0.2) is 30.3 Å². The summed E-state index contributed by atoms with van der Waals surface area (Å²) in [6.07, 6.45) is 0.347. The second-order valence-corrected chi connectivity index (χ2v) is 4.38. The number of nitriles is 1. The summed E-state index contributed by atoms with van der Waals surface area (Å²) < 4.78 is 0. The predicted molar refractivity (Wildman–Crippen MR) is 71.0 cm³/mol. The quantitative estimate of drug-likeness (QED) is 0.840. The van der Waals surface area contributed by atoms with E-state index in [1.165, 1.54) is 4.90 Å². The first-order chi connectivity index (χ1) is 9.04. The van der Waals surface area contributed by atoms with Gasteiger partial charge in [-0.1, -0.05) is 30.3 Å². The van der Waals surface area contributed by atoms with E-state index in [9.17, 15) is 9.59 Å². The van der Waals surface area contributed by atoms with Gasteiger partial charge in [-0.05, 0) is 12.0 Å². The van der Waals surface area contributed by atoms with Crippen LogP contribution in [0.5, 0.6) is 0 Å². The van der Waals surface area contributed by atoms with Crippen LogP contribution in [0.3, 0.4) is 0 Å². The van der Waals surface area contributed by atoms with Gasteiger partial charge in [0, 0.05) is 14.1 Å². The molecule has 1 unspecified atom stereocenters. The van der Waals surface area contributed by atoms with E-state index in [0.717, 1.165) is 5.56 Å². The standard InChI is InChI=1S/C14H17N3O2/c1-17(2)13(18)10-16-14(19)12(9-15)8-11-6-4-3-5-7-11/h3-7,12H,8,10H2,1-2H3,(H,16,19). The Kier molecular flexibility index (Phi) is 5.55. The summed E-state index contributed by atoms with van der Waals surface area (Å²) in [6, 6.07) is 11.3. The Morgan fingerprint density at radius 2 is 1.95 bits per heavy atom. The molecule has 1 aromatic rings. The molecule has 1 N–H and O–H groups in total. The van der Waals surface area contributed by atoms with Gasteiger partial charge < -0.3 is 10.2 Å². The first kappa shape index (κ1) is 14.7. The topological polar surface area (TPSA) is 73.2 Å². The molecular weight excluding hydrogens is 242 g/mol. The first-order valence-corrected chi connectivity index (χ1v) is 5.96. The molecule has 0 aliphatic rings. The minimum Gasteiger partial charge on any atom is -0.347 e. The second-order valence-electron chi connectivity index (χ2n) is 4.38. The van der Waals surface area contributed by atoms with Crippen molar-refractivity contribution in [3.8, 4) is 6.07 Å². The molecular formula is C14H17N3O2. The number of carbonyl (C=O) groups is 2. The average molecular weight is 259 g/mol. The lowest BCUT2D eigenvalue weighted by Crippen LogP contribution is -2.39. The normalized spacial score (nSPS) is 11.2. The molecule has 0 aliphatic carbocycles. The van der Waals surface area contributed by atoms with Crippen LogP contribution in [0, 0.1) is 17.2 Å². The fourth-order valence-corrected chi connectivity index (χ4v) is 1.49. The number of nitrogens with one attached hydrogen (secondary N) is 1. The fraction of sp³-hybridized carbons (Fsp3) is 0.357. The summed E-state index contributed by atoms with van der Waals surface area (Å²) in [5.41, 5.74) is 0.920. The second kappa shape index (κ2) is 7.17. The minimum absolute atomic E-state index is 0.0845. The molecule has 1 atom stereocenters. The zero-order chi connectivity index (χ0) is 14.3. The Morgan fingerprint density at radius 1 is 1.32 bits per heavy atom. The maximum Gasteiger partial charge on any atom is 0.241 e. The highest BCUT2D eigenvalue weighted by molar-refractivity contribution is 5.86. The number of amides is 2. The van der Waals surface area contributed by atoms with Crippen molar-refractivity contribution in [2.75, 3.05) is 20.6 Å². The monoisotopic (exact) mass is 259 g/mol. The van der Waals surface area contributed by atoms with E-state index in [4.69, 9.17) is 5.26 Å². The highest BCUT2D eigenvalue weighted by atomic mass is 16.2. The van der Waals surface area contributed by atoms with Gasteiger partial charge in [0.1, 0.15) is 5.92 Å². The molecule has 0 fully saturated rings. The lowest BCUT2D eigenvalue weighted by Gasteiger charge is -2.13. The Hall–Kier alpha value is -2.35. The first-order valence-electron chi connectivity index (χ1n) is 5.96. The van der Waals surface area contributed by atoms with Gasteiger partial charge >= 0.3 is 0 Å². The van der Waals surface area contributed by atoms with Crippen LogP contribution in [0.1, 0.15) is 5.56 Å².